The molecule has 154 valence electrons. The normalized spacial score (nSPS) is 10.4. The fraction of sp³-hybridized carbons (Fsp3) is 0.130. The standard InChI is InChI=1S/C23H20Cl2N2O3/c1-27(14-21(28)26-22-19(24)8-5-9-20(22)25)23(29)17-12-10-16(11-13-17)15-30-18-6-3-2-4-7-18/h2-13H,14-15H2,1H3,(H,26,28). The number of benzene rings is 3. The van der Waals surface area contributed by atoms with Crippen molar-refractivity contribution in [1.82, 2.24) is 4.90 Å². The molecule has 0 atom stereocenters. The molecule has 0 saturated heterocycles. The first-order chi connectivity index (χ1) is 14.4. The SMILES string of the molecule is CN(CC(=O)Nc1c(Cl)cccc1Cl)C(=O)c1ccc(COc2ccccc2)cc1. The van der Waals surface area contributed by atoms with Crippen molar-refractivity contribution in [3.8, 4) is 5.75 Å². The van der Waals surface area contributed by atoms with Gasteiger partial charge in [0.05, 0.1) is 22.3 Å². The Balaban J connectivity index is 1.55. The third-order valence-corrected chi connectivity index (χ3v) is 4.93. The maximum absolute atomic E-state index is 12.6. The largest absolute Gasteiger partial charge is 0.489 e. The van der Waals surface area contributed by atoms with Crippen molar-refractivity contribution < 1.29 is 14.3 Å². The number of rotatable bonds is 7. The molecule has 3 rings (SSSR count). The Kier molecular flexibility index (Phi) is 7.33. The number of carbonyl (C=O) groups excluding carboxylic acids is 2. The number of hydrogen-bond donors (Lipinski definition) is 1. The van der Waals surface area contributed by atoms with Crippen LogP contribution in [0.1, 0.15) is 15.9 Å². The number of likely N-dealkylation sites (N-methyl/N-ethyl adjacent to an activating group) is 1. The maximum atomic E-state index is 12.6. The van der Waals surface area contributed by atoms with Crippen LogP contribution < -0.4 is 10.1 Å². The van der Waals surface area contributed by atoms with E-state index in [2.05, 4.69) is 5.32 Å². The topological polar surface area (TPSA) is 58.6 Å². The third kappa shape index (κ3) is 5.75. The number of para-hydroxylation sites is 2. The lowest BCUT2D eigenvalue weighted by Gasteiger charge is -2.18. The van der Waals surface area contributed by atoms with Crippen LogP contribution in [0.5, 0.6) is 5.75 Å². The van der Waals surface area contributed by atoms with E-state index in [0.717, 1.165) is 11.3 Å². The van der Waals surface area contributed by atoms with Gasteiger partial charge in [-0.3, -0.25) is 9.59 Å². The van der Waals surface area contributed by atoms with Crippen LogP contribution in [0.3, 0.4) is 0 Å². The number of halogens is 2. The molecule has 0 aliphatic carbocycles. The van der Waals surface area contributed by atoms with Gasteiger partial charge in [-0.2, -0.15) is 0 Å². The molecular formula is C23H20Cl2N2O3. The summed E-state index contributed by atoms with van der Waals surface area (Å²) in [5, 5.41) is 3.31. The lowest BCUT2D eigenvalue weighted by molar-refractivity contribution is -0.116. The van der Waals surface area contributed by atoms with E-state index in [4.69, 9.17) is 27.9 Å². The average Bonchev–Trinajstić information content (AvgIpc) is 2.75. The quantitative estimate of drug-likeness (QED) is 0.541. The minimum Gasteiger partial charge on any atom is -0.489 e. The van der Waals surface area contributed by atoms with Crippen molar-refractivity contribution in [1.29, 1.82) is 0 Å². The van der Waals surface area contributed by atoms with Crippen LogP contribution in [-0.4, -0.2) is 30.3 Å². The van der Waals surface area contributed by atoms with Crippen molar-refractivity contribution in [2.75, 3.05) is 18.9 Å². The molecule has 7 heteroatoms. The summed E-state index contributed by atoms with van der Waals surface area (Å²) in [6.45, 7) is 0.259. The summed E-state index contributed by atoms with van der Waals surface area (Å²) in [7, 11) is 1.56. The van der Waals surface area contributed by atoms with Crippen LogP contribution in [0, 0.1) is 0 Å². The number of ether oxygens (including phenoxy) is 1. The highest BCUT2D eigenvalue weighted by molar-refractivity contribution is 6.39. The average molecular weight is 443 g/mol. The summed E-state index contributed by atoms with van der Waals surface area (Å²) in [6, 6.07) is 21.5. The first-order valence-electron chi connectivity index (χ1n) is 9.20. The van der Waals surface area contributed by atoms with Gasteiger partial charge < -0.3 is 15.0 Å². The highest BCUT2D eigenvalue weighted by Gasteiger charge is 2.16. The zero-order chi connectivity index (χ0) is 21.5. The second-order valence-corrected chi connectivity index (χ2v) is 7.42. The first-order valence-corrected chi connectivity index (χ1v) is 9.96. The van der Waals surface area contributed by atoms with Gasteiger partial charge in [-0.25, -0.2) is 0 Å². The van der Waals surface area contributed by atoms with E-state index in [1.807, 2.05) is 42.5 Å². The number of amides is 2. The van der Waals surface area contributed by atoms with Crippen LogP contribution >= 0.6 is 23.2 Å². The lowest BCUT2D eigenvalue weighted by Crippen LogP contribution is -2.35. The zero-order valence-corrected chi connectivity index (χ0v) is 17.8. The predicted octanol–water partition coefficient (Wildman–Crippen LogP) is 5.28. The Bertz CT molecular complexity index is 1000. The molecule has 5 nitrogen and oxygen atoms in total. The summed E-state index contributed by atoms with van der Waals surface area (Å²) < 4.78 is 5.70. The number of carbonyl (C=O) groups is 2. The second kappa shape index (κ2) is 10.1. The highest BCUT2D eigenvalue weighted by atomic mass is 35.5. The number of anilines is 1. The van der Waals surface area contributed by atoms with E-state index >= 15 is 0 Å². The van der Waals surface area contributed by atoms with Gasteiger partial charge in [0.2, 0.25) is 5.91 Å². The summed E-state index contributed by atoms with van der Waals surface area (Å²) >= 11 is 12.1. The van der Waals surface area contributed by atoms with Gasteiger partial charge in [-0.05, 0) is 42.0 Å². The van der Waals surface area contributed by atoms with Crippen molar-refractivity contribution >= 4 is 40.7 Å². The van der Waals surface area contributed by atoms with Crippen LogP contribution in [-0.2, 0) is 11.4 Å². The Hall–Kier alpha value is -3.02. The summed E-state index contributed by atoms with van der Waals surface area (Å²) in [5.74, 6) is 0.113. The van der Waals surface area contributed by atoms with Gasteiger partial charge in [0, 0.05) is 12.6 Å². The van der Waals surface area contributed by atoms with E-state index < -0.39 is 5.91 Å². The number of hydrogen-bond acceptors (Lipinski definition) is 3. The van der Waals surface area contributed by atoms with Crippen LogP contribution in [0.15, 0.2) is 72.8 Å². The fourth-order valence-electron chi connectivity index (χ4n) is 2.73. The first kappa shape index (κ1) is 21.7. The Morgan fingerprint density at radius 1 is 0.900 bits per heavy atom. The van der Waals surface area contributed by atoms with Crippen LogP contribution in [0.2, 0.25) is 10.0 Å². The molecule has 0 fully saturated rings. The van der Waals surface area contributed by atoms with E-state index in [0.29, 0.717) is 27.9 Å². The summed E-state index contributed by atoms with van der Waals surface area (Å²) in [6.07, 6.45) is 0. The van der Waals surface area contributed by atoms with Crippen LogP contribution in [0.25, 0.3) is 0 Å². The second-order valence-electron chi connectivity index (χ2n) is 6.60. The fourth-order valence-corrected chi connectivity index (χ4v) is 3.22. The van der Waals surface area contributed by atoms with Crippen molar-refractivity contribution in [3.63, 3.8) is 0 Å². The molecule has 0 unspecified atom stereocenters. The molecule has 0 bridgehead atoms. The maximum Gasteiger partial charge on any atom is 0.254 e. The molecule has 3 aromatic carbocycles. The highest BCUT2D eigenvalue weighted by Crippen LogP contribution is 2.29. The number of nitrogens with one attached hydrogen (secondary N) is 1. The van der Waals surface area contributed by atoms with Gasteiger partial charge in [-0.15, -0.1) is 0 Å². The summed E-state index contributed by atoms with van der Waals surface area (Å²) in [4.78, 5) is 26.2. The summed E-state index contributed by atoms with van der Waals surface area (Å²) in [5.41, 5.74) is 1.74. The molecule has 0 radical (unpaired) electrons. The number of nitrogens with zero attached hydrogens (tertiary/aromatic N) is 1. The molecule has 3 aromatic rings. The third-order valence-electron chi connectivity index (χ3n) is 4.30. The molecule has 0 saturated carbocycles. The monoisotopic (exact) mass is 442 g/mol. The minimum absolute atomic E-state index is 0.140. The van der Waals surface area contributed by atoms with Gasteiger partial charge in [0.15, 0.2) is 0 Å². The van der Waals surface area contributed by atoms with Gasteiger partial charge >= 0.3 is 0 Å². The molecule has 0 spiro atoms. The van der Waals surface area contributed by atoms with Crippen molar-refractivity contribution in [2.24, 2.45) is 0 Å². The molecule has 0 aliphatic rings. The van der Waals surface area contributed by atoms with E-state index in [1.165, 1.54) is 4.90 Å². The van der Waals surface area contributed by atoms with Crippen LogP contribution in [0.4, 0.5) is 5.69 Å². The van der Waals surface area contributed by atoms with Gasteiger partial charge in [0.1, 0.15) is 12.4 Å². The van der Waals surface area contributed by atoms with E-state index in [1.54, 1.807) is 37.4 Å². The molecule has 2 amide bonds. The smallest absolute Gasteiger partial charge is 0.254 e. The van der Waals surface area contributed by atoms with E-state index in [9.17, 15) is 9.59 Å². The molecular weight excluding hydrogens is 423 g/mol. The Morgan fingerprint density at radius 3 is 2.17 bits per heavy atom. The molecule has 30 heavy (non-hydrogen) atoms. The van der Waals surface area contributed by atoms with Gasteiger partial charge in [-0.1, -0.05) is 59.6 Å². The molecule has 0 heterocycles. The van der Waals surface area contributed by atoms with Crippen molar-refractivity contribution in [3.05, 3.63) is 94.0 Å². The minimum atomic E-state index is -0.395. The van der Waals surface area contributed by atoms with Crippen molar-refractivity contribution in [2.45, 2.75) is 6.61 Å². The molecule has 0 aliphatic heterocycles. The Labute approximate surface area is 185 Å². The molecule has 0 aromatic heterocycles. The Morgan fingerprint density at radius 2 is 1.53 bits per heavy atom. The lowest BCUT2D eigenvalue weighted by atomic mass is 10.1. The predicted molar refractivity (Wildman–Crippen MR) is 119 cm³/mol. The molecule has 1 N–H and O–H groups in total. The zero-order valence-electron chi connectivity index (χ0n) is 16.3. The van der Waals surface area contributed by atoms with Gasteiger partial charge in [0.25, 0.3) is 5.91 Å². The van der Waals surface area contributed by atoms with E-state index in [-0.39, 0.29) is 12.5 Å².